The summed E-state index contributed by atoms with van der Waals surface area (Å²) in [6, 6.07) is 0. The molecule has 0 spiro atoms. The second-order valence-electron chi connectivity index (χ2n) is 11.0. The van der Waals surface area contributed by atoms with E-state index >= 15 is 0 Å². The maximum Gasteiger partial charge on any atom is 0.139 e. The maximum atomic E-state index is 13.3. The molecule has 1 N–H and O–H groups in total. The van der Waals surface area contributed by atoms with Gasteiger partial charge in [0.2, 0.25) is 0 Å². The molecule has 5 heteroatoms. The van der Waals surface area contributed by atoms with Gasteiger partial charge < -0.3 is 10.2 Å². The standard InChI is InChI=1S/C24H36N2O3/c1-23-9-7-15(26-29-16-4-3-11-25-14-16)12-20(23)21(27)13-17-18-5-6-22(28)24(18,2)10-8-19(17)23/h16-20,25H,3-14H2,1-2H3/t16-,17+,18+,19+,20-,23-,24+/m1/s1. The van der Waals surface area contributed by atoms with Gasteiger partial charge in [0.1, 0.15) is 17.7 Å². The van der Waals surface area contributed by atoms with Crippen LogP contribution in [0.25, 0.3) is 0 Å². The molecular weight excluding hydrogens is 364 g/mol. The number of Topliss-reactive ketones (excluding diaryl/α,β-unsaturated/α-hetero) is 2. The number of hydrogen-bond acceptors (Lipinski definition) is 5. The number of hydrogen-bond donors (Lipinski definition) is 1. The molecule has 1 aliphatic heterocycles. The van der Waals surface area contributed by atoms with Crippen molar-refractivity contribution in [3.63, 3.8) is 0 Å². The molecule has 1 saturated heterocycles. The summed E-state index contributed by atoms with van der Waals surface area (Å²) in [6.45, 7) is 6.50. The number of carbonyl (C=O) groups is 2. The molecule has 160 valence electrons. The predicted octanol–water partition coefficient (Wildman–Crippen LogP) is 3.90. The fourth-order valence-corrected chi connectivity index (χ4v) is 7.76. The molecule has 29 heavy (non-hydrogen) atoms. The average Bonchev–Trinajstić information content (AvgIpc) is 3.03. The van der Waals surface area contributed by atoms with E-state index < -0.39 is 0 Å². The van der Waals surface area contributed by atoms with Crippen LogP contribution < -0.4 is 5.32 Å². The van der Waals surface area contributed by atoms with E-state index in [0.717, 1.165) is 76.6 Å². The highest BCUT2D eigenvalue weighted by Gasteiger charge is 2.62. The van der Waals surface area contributed by atoms with Gasteiger partial charge in [0.25, 0.3) is 0 Å². The van der Waals surface area contributed by atoms with Crippen molar-refractivity contribution in [1.82, 2.24) is 5.32 Å². The first kappa shape index (κ1) is 19.7. The molecule has 5 fully saturated rings. The maximum absolute atomic E-state index is 13.3. The molecule has 5 nitrogen and oxygen atoms in total. The van der Waals surface area contributed by atoms with Crippen LogP contribution in [-0.4, -0.2) is 36.5 Å². The lowest BCUT2D eigenvalue weighted by Gasteiger charge is -2.58. The summed E-state index contributed by atoms with van der Waals surface area (Å²) in [5, 5.41) is 7.89. The minimum Gasteiger partial charge on any atom is -0.391 e. The molecule has 0 aromatic rings. The number of nitrogens with one attached hydrogen (secondary N) is 1. The van der Waals surface area contributed by atoms with Crippen molar-refractivity contribution in [3.05, 3.63) is 0 Å². The molecule has 5 rings (SSSR count). The summed E-state index contributed by atoms with van der Waals surface area (Å²) >= 11 is 0. The smallest absolute Gasteiger partial charge is 0.139 e. The second-order valence-corrected chi connectivity index (χ2v) is 11.0. The zero-order chi connectivity index (χ0) is 20.2. The third kappa shape index (κ3) is 3.10. The first-order valence-corrected chi connectivity index (χ1v) is 11.9. The third-order valence-corrected chi connectivity index (χ3v) is 9.59. The van der Waals surface area contributed by atoms with E-state index in [4.69, 9.17) is 4.84 Å². The van der Waals surface area contributed by atoms with Gasteiger partial charge in [-0.15, -0.1) is 0 Å². The van der Waals surface area contributed by atoms with E-state index in [1.807, 2.05) is 0 Å². The third-order valence-electron chi connectivity index (χ3n) is 9.59. The van der Waals surface area contributed by atoms with Crippen molar-refractivity contribution >= 4 is 17.3 Å². The van der Waals surface area contributed by atoms with E-state index in [1.165, 1.54) is 0 Å². The summed E-state index contributed by atoms with van der Waals surface area (Å²) in [7, 11) is 0. The summed E-state index contributed by atoms with van der Waals surface area (Å²) in [5.41, 5.74) is 0.994. The van der Waals surface area contributed by atoms with Crippen molar-refractivity contribution < 1.29 is 14.4 Å². The van der Waals surface area contributed by atoms with Gasteiger partial charge in [0.05, 0.1) is 5.71 Å². The Bertz CT molecular complexity index is 728. The monoisotopic (exact) mass is 400 g/mol. The van der Waals surface area contributed by atoms with Gasteiger partial charge in [0, 0.05) is 30.7 Å². The Balaban J connectivity index is 1.32. The fraction of sp³-hybridized carbons (Fsp3) is 0.875. The van der Waals surface area contributed by atoms with E-state index in [1.54, 1.807) is 0 Å². The van der Waals surface area contributed by atoms with Gasteiger partial charge in [-0.1, -0.05) is 19.0 Å². The average molecular weight is 401 g/mol. The summed E-state index contributed by atoms with van der Waals surface area (Å²) in [6.07, 6.45) is 9.67. The van der Waals surface area contributed by atoms with Crippen LogP contribution in [0.1, 0.15) is 78.1 Å². The number of rotatable bonds is 2. The molecule has 0 radical (unpaired) electrons. The molecule has 7 atom stereocenters. The van der Waals surface area contributed by atoms with Crippen LogP contribution >= 0.6 is 0 Å². The Hall–Kier alpha value is -1.23. The highest BCUT2D eigenvalue weighted by atomic mass is 16.6. The first-order valence-electron chi connectivity index (χ1n) is 11.9. The topological polar surface area (TPSA) is 67.8 Å². The van der Waals surface area contributed by atoms with Crippen molar-refractivity contribution in [1.29, 1.82) is 0 Å². The van der Waals surface area contributed by atoms with Crippen molar-refractivity contribution in [2.45, 2.75) is 84.2 Å². The Morgan fingerprint density at radius 3 is 2.69 bits per heavy atom. The lowest BCUT2D eigenvalue weighted by Crippen LogP contribution is -2.56. The van der Waals surface area contributed by atoms with Gasteiger partial charge >= 0.3 is 0 Å². The van der Waals surface area contributed by atoms with E-state index in [-0.39, 0.29) is 22.9 Å². The van der Waals surface area contributed by atoms with Crippen LogP contribution in [0.15, 0.2) is 5.16 Å². The van der Waals surface area contributed by atoms with E-state index in [9.17, 15) is 9.59 Å². The van der Waals surface area contributed by atoms with Crippen molar-refractivity contribution in [2.24, 2.45) is 39.7 Å². The molecule has 4 saturated carbocycles. The van der Waals surface area contributed by atoms with Crippen molar-refractivity contribution in [2.75, 3.05) is 13.1 Å². The molecule has 0 aromatic heterocycles. The lowest BCUT2D eigenvalue weighted by atomic mass is 9.45. The number of carbonyl (C=O) groups excluding carboxylic acids is 2. The largest absolute Gasteiger partial charge is 0.391 e. The van der Waals surface area contributed by atoms with Gasteiger partial charge in [0.15, 0.2) is 0 Å². The summed E-state index contributed by atoms with van der Waals surface area (Å²) in [5.74, 6) is 2.38. The number of oxime groups is 1. The van der Waals surface area contributed by atoms with Crippen LogP contribution in [0.5, 0.6) is 0 Å². The number of ketones is 2. The Morgan fingerprint density at radius 1 is 1.03 bits per heavy atom. The van der Waals surface area contributed by atoms with Gasteiger partial charge in [-0.3, -0.25) is 9.59 Å². The van der Waals surface area contributed by atoms with Crippen LogP contribution in [-0.2, 0) is 14.4 Å². The van der Waals surface area contributed by atoms with Crippen LogP contribution in [0.2, 0.25) is 0 Å². The molecule has 5 aliphatic rings. The lowest BCUT2D eigenvalue weighted by molar-refractivity contribution is -0.152. The molecular formula is C24H36N2O3. The molecule has 0 unspecified atom stereocenters. The molecule has 0 aromatic carbocycles. The zero-order valence-corrected chi connectivity index (χ0v) is 18.0. The zero-order valence-electron chi connectivity index (χ0n) is 18.0. The number of nitrogens with zero attached hydrogens (tertiary/aromatic N) is 1. The van der Waals surface area contributed by atoms with Crippen LogP contribution in [0, 0.1) is 34.5 Å². The SMILES string of the molecule is C[C@]12CCC(=NO[C@@H]3CCCNC3)C[C@@H]1C(=O)C[C@@H]1[C@@H]2CC[C@]2(C)C(=O)CC[C@@H]12. The van der Waals surface area contributed by atoms with Gasteiger partial charge in [-0.05, 0) is 81.1 Å². The van der Waals surface area contributed by atoms with E-state index in [0.29, 0.717) is 35.7 Å². The Morgan fingerprint density at radius 2 is 1.90 bits per heavy atom. The van der Waals surface area contributed by atoms with Crippen molar-refractivity contribution in [3.8, 4) is 0 Å². The van der Waals surface area contributed by atoms with E-state index in [2.05, 4.69) is 24.3 Å². The Kier molecular flexibility index (Phi) is 4.88. The van der Waals surface area contributed by atoms with Gasteiger partial charge in [-0.25, -0.2) is 0 Å². The summed E-state index contributed by atoms with van der Waals surface area (Å²) in [4.78, 5) is 31.7. The minimum absolute atomic E-state index is 0.0678. The fourth-order valence-electron chi connectivity index (χ4n) is 7.76. The first-order chi connectivity index (χ1) is 13.9. The quantitative estimate of drug-likeness (QED) is 0.714. The number of piperidine rings is 1. The molecule has 0 amide bonds. The van der Waals surface area contributed by atoms with Crippen LogP contribution in [0.4, 0.5) is 0 Å². The summed E-state index contributed by atoms with van der Waals surface area (Å²) < 4.78 is 0. The molecule has 1 heterocycles. The molecule has 0 bridgehead atoms. The highest BCUT2D eigenvalue weighted by Crippen LogP contribution is 2.64. The minimum atomic E-state index is -0.159. The second kappa shape index (κ2) is 7.18. The number of fused-ring (bicyclic) bond motifs is 5. The predicted molar refractivity (Wildman–Crippen MR) is 112 cm³/mol. The highest BCUT2D eigenvalue weighted by molar-refractivity contribution is 5.93. The van der Waals surface area contributed by atoms with Crippen LogP contribution in [0.3, 0.4) is 0 Å². The molecule has 4 aliphatic carbocycles. The van der Waals surface area contributed by atoms with Gasteiger partial charge in [-0.2, -0.15) is 0 Å². The Labute approximate surface area is 174 Å². The normalized spacial score (nSPS) is 48.8.